The van der Waals surface area contributed by atoms with E-state index >= 15 is 0 Å². The van der Waals surface area contributed by atoms with Crippen LogP contribution < -0.4 is 0 Å². The molecule has 0 aliphatic rings. The lowest BCUT2D eigenvalue weighted by molar-refractivity contribution is -0.314. The van der Waals surface area contributed by atoms with Gasteiger partial charge in [-0.2, -0.15) is 0 Å². The number of rotatable bonds is 3. The Bertz CT molecular complexity index is 103. The third-order valence-corrected chi connectivity index (χ3v) is 0.887. The summed E-state index contributed by atoms with van der Waals surface area (Å²) in [6.07, 6.45) is 0.339. The van der Waals surface area contributed by atoms with E-state index in [1.54, 1.807) is 6.92 Å². The molecule has 0 unspecified atom stereocenters. The molecule has 0 aliphatic carbocycles. The summed E-state index contributed by atoms with van der Waals surface area (Å²) in [4.78, 5) is 0. The molecule has 0 atom stereocenters. The fourth-order valence-electron chi connectivity index (χ4n) is 0.381. The average Bonchev–Trinajstić information content (AvgIpc) is 1.59. The minimum Gasteiger partial charge on any atom is -0.412 e. The summed E-state index contributed by atoms with van der Waals surface area (Å²) in [5.74, 6) is -2.53. The summed E-state index contributed by atoms with van der Waals surface area (Å²) in [7, 11) is 0. The Morgan fingerprint density at radius 3 is 1.90 bits per heavy atom. The molecule has 0 rings (SSSR count). The highest BCUT2D eigenvalue weighted by molar-refractivity contribution is 4.87. The first-order chi connectivity index (χ1) is 3.92. The van der Waals surface area contributed by atoms with Gasteiger partial charge in [0.25, 0.3) is 5.97 Å². The molecule has 0 aliphatic heterocycles. The van der Waals surface area contributed by atoms with Gasteiger partial charge in [0.15, 0.2) is 0 Å². The molecule has 10 heavy (non-hydrogen) atoms. The Morgan fingerprint density at radius 1 is 1.40 bits per heavy atom. The predicted molar refractivity (Wildman–Crippen MR) is 37.0 cm³/mol. The lowest BCUT2D eigenvalue weighted by Gasteiger charge is -2.12. The zero-order valence-electron chi connectivity index (χ0n) is 5.96. The van der Waals surface area contributed by atoms with Crippen LogP contribution in [0.25, 0.3) is 0 Å². The fourth-order valence-corrected chi connectivity index (χ4v) is 0.381. The van der Waals surface area contributed by atoms with Crippen molar-refractivity contribution in [1.29, 1.82) is 0 Å². The van der Waals surface area contributed by atoms with Crippen molar-refractivity contribution in [2.24, 2.45) is 0 Å². The minimum absolute atomic E-state index is 0. The average molecular weight is 150 g/mol. The highest BCUT2D eigenvalue weighted by Crippen LogP contribution is 2.08. The van der Waals surface area contributed by atoms with Gasteiger partial charge in [0, 0.05) is 6.42 Å². The van der Waals surface area contributed by atoms with E-state index in [0.29, 0.717) is 6.42 Å². The molecule has 0 aromatic rings. The molecule has 5 N–H and O–H groups in total. The number of hydrogen-bond donors (Lipinski definition) is 3. The van der Waals surface area contributed by atoms with Crippen LogP contribution in [0.4, 0.5) is 0 Å². The van der Waals surface area contributed by atoms with E-state index in [0.717, 1.165) is 5.57 Å². The maximum absolute atomic E-state index is 8.34. The van der Waals surface area contributed by atoms with E-state index < -0.39 is 5.97 Å². The molecule has 4 heteroatoms. The van der Waals surface area contributed by atoms with Crippen molar-refractivity contribution < 1.29 is 20.8 Å². The Labute approximate surface area is 59.7 Å². The largest absolute Gasteiger partial charge is 0.412 e. The monoisotopic (exact) mass is 150 g/mol. The summed E-state index contributed by atoms with van der Waals surface area (Å²) in [6, 6.07) is 0. The highest BCUT2D eigenvalue weighted by Gasteiger charge is 2.16. The summed E-state index contributed by atoms with van der Waals surface area (Å²) in [6.45, 7) is 5.28. The highest BCUT2D eigenvalue weighted by atomic mass is 16.7. The van der Waals surface area contributed by atoms with Gasteiger partial charge in [0.05, 0.1) is 0 Å². The Balaban J connectivity index is 0. The van der Waals surface area contributed by atoms with E-state index in [1.165, 1.54) is 0 Å². The van der Waals surface area contributed by atoms with Crippen LogP contribution in [0.3, 0.4) is 0 Å². The van der Waals surface area contributed by atoms with Crippen LogP contribution in [-0.4, -0.2) is 26.8 Å². The van der Waals surface area contributed by atoms with Crippen molar-refractivity contribution in [3.63, 3.8) is 0 Å². The van der Waals surface area contributed by atoms with Gasteiger partial charge in [-0.3, -0.25) is 0 Å². The van der Waals surface area contributed by atoms with Crippen LogP contribution in [0.1, 0.15) is 19.8 Å². The second kappa shape index (κ2) is 4.40. The smallest absolute Gasteiger partial charge is 0.275 e. The molecule has 0 saturated heterocycles. The Kier molecular flexibility index (Phi) is 5.41. The summed E-state index contributed by atoms with van der Waals surface area (Å²) in [5, 5.41) is 25.0. The summed E-state index contributed by atoms with van der Waals surface area (Å²) < 4.78 is 0. The molecule has 0 spiro atoms. The van der Waals surface area contributed by atoms with Crippen LogP contribution >= 0.6 is 0 Å². The molecule has 0 radical (unpaired) electrons. The summed E-state index contributed by atoms with van der Waals surface area (Å²) >= 11 is 0. The summed E-state index contributed by atoms with van der Waals surface area (Å²) in [5.41, 5.74) is 0.816. The maximum atomic E-state index is 8.34. The van der Waals surface area contributed by atoms with Crippen LogP contribution in [0.2, 0.25) is 0 Å². The predicted octanol–water partition coefficient (Wildman–Crippen LogP) is -0.851. The molecule has 0 aromatic carbocycles. The quantitative estimate of drug-likeness (QED) is 0.361. The van der Waals surface area contributed by atoms with Gasteiger partial charge < -0.3 is 20.8 Å². The van der Waals surface area contributed by atoms with Crippen molar-refractivity contribution >= 4 is 0 Å². The van der Waals surface area contributed by atoms with Crippen LogP contribution in [-0.2, 0) is 0 Å². The SMILES string of the molecule is C=C(C)CCC(O)(O)O.O. The van der Waals surface area contributed by atoms with Gasteiger partial charge in [-0.15, -0.1) is 6.58 Å². The van der Waals surface area contributed by atoms with E-state index in [1.807, 2.05) is 0 Å². The van der Waals surface area contributed by atoms with Crippen LogP contribution in [0.15, 0.2) is 12.2 Å². The van der Waals surface area contributed by atoms with Crippen LogP contribution in [0, 0.1) is 0 Å². The molecule has 4 nitrogen and oxygen atoms in total. The van der Waals surface area contributed by atoms with Gasteiger partial charge in [0.2, 0.25) is 0 Å². The third-order valence-electron chi connectivity index (χ3n) is 0.887. The first-order valence-electron chi connectivity index (χ1n) is 2.73. The van der Waals surface area contributed by atoms with Crippen molar-refractivity contribution in [2.45, 2.75) is 25.7 Å². The van der Waals surface area contributed by atoms with E-state index in [9.17, 15) is 0 Å². The maximum Gasteiger partial charge on any atom is 0.275 e. The lowest BCUT2D eigenvalue weighted by atomic mass is 10.2. The van der Waals surface area contributed by atoms with Gasteiger partial charge >= 0.3 is 0 Å². The second-order valence-electron chi connectivity index (χ2n) is 2.23. The van der Waals surface area contributed by atoms with Crippen molar-refractivity contribution in [3.05, 3.63) is 12.2 Å². The van der Waals surface area contributed by atoms with E-state index in [2.05, 4.69) is 6.58 Å². The first kappa shape index (κ1) is 12.3. The number of hydrogen-bond acceptors (Lipinski definition) is 3. The minimum atomic E-state index is -2.53. The van der Waals surface area contributed by atoms with Crippen LogP contribution in [0.5, 0.6) is 0 Å². The van der Waals surface area contributed by atoms with Gasteiger partial charge in [-0.1, -0.05) is 5.57 Å². The zero-order chi connectivity index (χ0) is 7.49. The number of allylic oxidation sites excluding steroid dienone is 1. The molecule has 0 fully saturated rings. The van der Waals surface area contributed by atoms with Gasteiger partial charge in [-0.25, -0.2) is 0 Å². The Morgan fingerprint density at radius 2 is 1.80 bits per heavy atom. The molecular weight excluding hydrogens is 136 g/mol. The second-order valence-corrected chi connectivity index (χ2v) is 2.23. The van der Waals surface area contributed by atoms with E-state index in [-0.39, 0.29) is 11.9 Å². The van der Waals surface area contributed by atoms with Gasteiger partial charge in [0.1, 0.15) is 0 Å². The Hall–Kier alpha value is -0.420. The van der Waals surface area contributed by atoms with E-state index in [4.69, 9.17) is 15.3 Å². The van der Waals surface area contributed by atoms with Crippen molar-refractivity contribution in [2.75, 3.05) is 0 Å². The normalized spacial score (nSPS) is 10.4. The molecule has 0 saturated carbocycles. The first-order valence-corrected chi connectivity index (χ1v) is 2.73. The lowest BCUT2D eigenvalue weighted by Crippen LogP contribution is -2.26. The fraction of sp³-hybridized carbons (Fsp3) is 0.667. The third kappa shape index (κ3) is 10.5. The van der Waals surface area contributed by atoms with Crippen molar-refractivity contribution in [1.82, 2.24) is 0 Å². The molecule has 62 valence electrons. The zero-order valence-corrected chi connectivity index (χ0v) is 5.96. The molecule has 0 heterocycles. The molecule has 0 aromatic heterocycles. The molecule has 0 amide bonds. The molecular formula is C6H14O4. The molecule has 0 bridgehead atoms. The van der Waals surface area contributed by atoms with Crippen molar-refractivity contribution in [3.8, 4) is 0 Å². The topological polar surface area (TPSA) is 92.2 Å². The number of aliphatic hydroxyl groups is 3. The van der Waals surface area contributed by atoms with Gasteiger partial charge in [-0.05, 0) is 13.3 Å². The standard InChI is InChI=1S/C6H12O3.H2O/c1-5(2)3-4-6(7,8)9;/h7-9H,1,3-4H2,2H3;1H2.